The summed E-state index contributed by atoms with van der Waals surface area (Å²) in [4.78, 5) is 41.0. The van der Waals surface area contributed by atoms with Crippen molar-refractivity contribution in [1.29, 1.82) is 0 Å². The number of aliphatic hydroxyl groups is 2. The van der Waals surface area contributed by atoms with E-state index < -0.39 is 28.6 Å². The Morgan fingerprint density at radius 3 is 2.52 bits per heavy atom. The standard InChI is InChI=1S/C40H39N3O8S/c1-2-51-34-21-26(13-14-27(34)22-41-23-33(45)30-15-17-32(44)37-31(30)16-18-36(46)43-37)38(47)42-24-52-19-7-12-35(52)25-8-6-11-29(20-25)40(50,39(48)49)28-9-4-3-5-10-28/h3-21,33,41,44-45,50,52H,2,22-24H2,1H3,(H,42,47)(H,43,46)(H,48,49)/t33-,40-/m0/s1. The molecule has 0 spiro atoms. The molecule has 0 saturated carbocycles. The van der Waals surface area contributed by atoms with Crippen LogP contribution in [0.3, 0.4) is 0 Å². The molecule has 1 aliphatic rings. The Bertz CT molecular complexity index is 2240. The number of carboxylic acid groups (broad SMARTS) is 1. The molecule has 1 aromatic heterocycles. The number of aromatic nitrogens is 1. The Morgan fingerprint density at radius 1 is 0.962 bits per heavy atom. The van der Waals surface area contributed by atoms with Gasteiger partial charge in [0.15, 0.2) is 0 Å². The van der Waals surface area contributed by atoms with Gasteiger partial charge in [-0.15, -0.1) is 0 Å². The molecule has 5 aromatic rings. The van der Waals surface area contributed by atoms with Gasteiger partial charge in [-0.25, -0.2) is 4.79 Å². The number of carboxylic acids is 1. The molecule has 1 unspecified atom stereocenters. The number of aliphatic carboxylic acids is 1. The number of aliphatic hydroxyl groups excluding tert-OH is 1. The van der Waals surface area contributed by atoms with Gasteiger partial charge in [0.05, 0.1) is 24.1 Å². The minimum Gasteiger partial charge on any atom is -0.506 e. The number of H-pyrrole nitrogens is 1. The van der Waals surface area contributed by atoms with Crippen LogP contribution in [0.25, 0.3) is 15.8 Å². The maximum absolute atomic E-state index is 13.4. The van der Waals surface area contributed by atoms with Crippen molar-refractivity contribution in [2.45, 2.75) is 25.2 Å². The second-order valence-electron chi connectivity index (χ2n) is 12.2. The number of hydrogen-bond acceptors (Lipinski definition) is 8. The molecule has 1 amide bonds. The van der Waals surface area contributed by atoms with Crippen molar-refractivity contribution in [3.8, 4) is 11.5 Å². The number of thiol groups is 1. The number of benzene rings is 4. The highest BCUT2D eigenvalue weighted by molar-refractivity contribution is 8.27. The molecule has 0 bridgehead atoms. The van der Waals surface area contributed by atoms with Crippen LogP contribution in [0.5, 0.6) is 11.5 Å². The van der Waals surface area contributed by atoms with Gasteiger partial charge >= 0.3 is 5.97 Å². The lowest BCUT2D eigenvalue weighted by Gasteiger charge is -2.26. The van der Waals surface area contributed by atoms with Gasteiger partial charge in [0.25, 0.3) is 5.91 Å². The summed E-state index contributed by atoms with van der Waals surface area (Å²) in [6, 6.07) is 26.3. The number of allylic oxidation sites excluding steroid dienone is 2. The zero-order valence-corrected chi connectivity index (χ0v) is 29.1. The Hall–Kier alpha value is -5.66. The lowest BCUT2D eigenvalue weighted by molar-refractivity contribution is -0.155. The van der Waals surface area contributed by atoms with E-state index in [1.54, 1.807) is 78.9 Å². The van der Waals surface area contributed by atoms with Crippen molar-refractivity contribution in [2.75, 3.05) is 19.0 Å². The van der Waals surface area contributed by atoms with E-state index in [2.05, 4.69) is 15.6 Å². The highest BCUT2D eigenvalue weighted by Gasteiger charge is 2.40. The van der Waals surface area contributed by atoms with E-state index >= 15 is 0 Å². The second-order valence-corrected chi connectivity index (χ2v) is 14.2. The number of amides is 1. The first kappa shape index (κ1) is 36.1. The zero-order valence-electron chi connectivity index (χ0n) is 28.2. The monoisotopic (exact) mass is 721 g/mol. The van der Waals surface area contributed by atoms with Crippen LogP contribution < -0.4 is 20.9 Å². The van der Waals surface area contributed by atoms with E-state index in [0.717, 1.165) is 16.0 Å². The molecule has 7 N–H and O–H groups in total. The smallest absolute Gasteiger partial charge is 0.345 e. The molecule has 0 radical (unpaired) electrons. The second kappa shape index (κ2) is 15.7. The Balaban J connectivity index is 1.10. The van der Waals surface area contributed by atoms with Crippen molar-refractivity contribution < 1.29 is 34.8 Å². The van der Waals surface area contributed by atoms with Crippen LogP contribution in [0.2, 0.25) is 0 Å². The molecule has 3 atom stereocenters. The van der Waals surface area contributed by atoms with Crippen LogP contribution in [0.4, 0.5) is 0 Å². The summed E-state index contributed by atoms with van der Waals surface area (Å²) in [6.45, 7) is 2.74. The van der Waals surface area contributed by atoms with Gasteiger partial charge in [0.2, 0.25) is 11.2 Å². The highest BCUT2D eigenvalue weighted by Crippen LogP contribution is 2.47. The molecule has 268 valence electrons. The van der Waals surface area contributed by atoms with Crippen molar-refractivity contribution in [1.82, 2.24) is 15.6 Å². The maximum Gasteiger partial charge on any atom is 0.345 e. The average molecular weight is 722 g/mol. The van der Waals surface area contributed by atoms with E-state index in [-0.39, 0.29) is 40.4 Å². The quantitative estimate of drug-likeness (QED) is 0.0730. The maximum atomic E-state index is 13.4. The van der Waals surface area contributed by atoms with Gasteiger partial charge in [-0.3, -0.25) is 9.59 Å². The number of phenols is 1. The number of pyridine rings is 1. The molecular formula is C40H39N3O8S. The number of aromatic amines is 1. The molecule has 2 heterocycles. The van der Waals surface area contributed by atoms with Crippen molar-refractivity contribution in [3.63, 3.8) is 0 Å². The molecular weight excluding hydrogens is 683 g/mol. The van der Waals surface area contributed by atoms with Gasteiger partial charge in [0.1, 0.15) is 11.5 Å². The third kappa shape index (κ3) is 7.51. The first-order chi connectivity index (χ1) is 25.1. The molecule has 0 fully saturated rings. The van der Waals surface area contributed by atoms with E-state index in [1.807, 2.05) is 30.6 Å². The van der Waals surface area contributed by atoms with Crippen LogP contribution in [0.1, 0.15) is 51.2 Å². The number of hydrogen-bond donors (Lipinski definition) is 8. The zero-order chi connectivity index (χ0) is 36.8. The molecule has 0 saturated heterocycles. The molecule has 6 rings (SSSR count). The molecule has 52 heavy (non-hydrogen) atoms. The largest absolute Gasteiger partial charge is 0.506 e. The highest BCUT2D eigenvalue weighted by atomic mass is 32.2. The fourth-order valence-corrected chi connectivity index (χ4v) is 8.00. The predicted octanol–water partition coefficient (Wildman–Crippen LogP) is 5.03. The number of ether oxygens (including phenoxy) is 1. The lowest BCUT2D eigenvalue weighted by Crippen LogP contribution is -2.36. The van der Waals surface area contributed by atoms with Gasteiger partial charge in [-0.05, 0) is 70.3 Å². The summed E-state index contributed by atoms with van der Waals surface area (Å²) >= 11 is 0. The topological polar surface area (TPSA) is 181 Å². The Labute approximate surface area is 302 Å². The van der Waals surface area contributed by atoms with Crippen molar-refractivity contribution >= 4 is 38.6 Å². The van der Waals surface area contributed by atoms with Crippen molar-refractivity contribution in [2.24, 2.45) is 0 Å². The number of aromatic hydroxyl groups is 1. The average Bonchev–Trinajstić information content (AvgIpc) is 3.63. The summed E-state index contributed by atoms with van der Waals surface area (Å²) in [7, 11) is -0.971. The number of carbonyl (C=O) groups excluding carboxylic acids is 1. The molecule has 4 aromatic carbocycles. The summed E-state index contributed by atoms with van der Waals surface area (Å²) in [6.07, 6.45) is 2.92. The summed E-state index contributed by atoms with van der Waals surface area (Å²) in [5, 5.41) is 51.4. The number of carbonyl (C=O) groups is 2. The Kier molecular flexibility index (Phi) is 10.9. The number of nitrogens with one attached hydrogen (secondary N) is 3. The van der Waals surface area contributed by atoms with Crippen LogP contribution in [-0.4, -0.2) is 56.3 Å². The number of phenolic OH excluding ortho intramolecular Hbond substituents is 1. The first-order valence-corrected chi connectivity index (χ1v) is 18.2. The van der Waals surface area contributed by atoms with Crippen LogP contribution >= 0.6 is 10.9 Å². The van der Waals surface area contributed by atoms with Gasteiger partial charge in [0, 0.05) is 41.2 Å². The number of rotatable bonds is 14. The SMILES string of the molecule is CCOc1cc(C(=O)NC[SH]2C=CC=C2c2cccc([C@](O)(C(=O)O)c3ccccc3)c2)ccc1CNC[C@H](O)c1ccc(O)c2[nH]c(=O)ccc12. The minimum atomic E-state index is -2.23. The fourth-order valence-electron chi connectivity index (χ4n) is 6.20. The van der Waals surface area contributed by atoms with Gasteiger partial charge in [-0.1, -0.05) is 66.7 Å². The van der Waals surface area contributed by atoms with E-state index in [0.29, 0.717) is 41.3 Å². The predicted molar refractivity (Wildman–Crippen MR) is 202 cm³/mol. The van der Waals surface area contributed by atoms with Crippen LogP contribution in [0, 0.1) is 0 Å². The molecule has 0 aliphatic carbocycles. The fraction of sp³-hybridized carbons (Fsp3) is 0.175. The normalized spacial score (nSPS) is 16.2. The van der Waals surface area contributed by atoms with E-state index in [4.69, 9.17) is 4.74 Å². The van der Waals surface area contributed by atoms with Gasteiger partial charge < -0.3 is 40.8 Å². The van der Waals surface area contributed by atoms with Crippen molar-refractivity contribution in [3.05, 3.63) is 158 Å². The van der Waals surface area contributed by atoms with Gasteiger partial charge in [-0.2, -0.15) is 10.9 Å². The van der Waals surface area contributed by atoms with E-state index in [9.17, 15) is 34.8 Å². The summed E-state index contributed by atoms with van der Waals surface area (Å²) in [5.74, 6) is -0.878. The molecule has 11 nitrogen and oxygen atoms in total. The molecule has 1 aliphatic heterocycles. The first-order valence-electron chi connectivity index (χ1n) is 16.6. The van der Waals surface area contributed by atoms with Crippen LogP contribution in [-0.2, 0) is 16.9 Å². The Morgan fingerprint density at radius 2 is 1.75 bits per heavy atom. The lowest BCUT2D eigenvalue weighted by atomic mass is 9.85. The summed E-state index contributed by atoms with van der Waals surface area (Å²) < 4.78 is 5.87. The number of fused-ring (bicyclic) bond motifs is 1. The molecule has 12 heteroatoms. The van der Waals surface area contributed by atoms with E-state index in [1.165, 1.54) is 12.1 Å². The third-order valence-electron chi connectivity index (χ3n) is 8.86. The third-order valence-corrected chi connectivity index (χ3v) is 10.9. The minimum absolute atomic E-state index is 0.0830. The summed E-state index contributed by atoms with van der Waals surface area (Å²) in [5.41, 5.74) is 0.660. The van der Waals surface area contributed by atoms with Crippen LogP contribution in [0.15, 0.2) is 119 Å².